The number of para-hydroxylation sites is 1. The number of hydrogen-bond donors (Lipinski definition) is 2. The van der Waals surface area contributed by atoms with Crippen LogP contribution in [-0.4, -0.2) is 28.8 Å². The van der Waals surface area contributed by atoms with Crippen molar-refractivity contribution >= 4 is 23.2 Å². The van der Waals surface area contributed by atoms with Gasteiger partial charge in [-0.05, 0) is 24.3 Å². The molecule has 1 amide bonds. The largest absolute Gasteiger partial charge is 0.381 e. The van der Waals surface area contributed by atoms with Crippen molar-refractivity contribution in [1.29, 1.82) is 0 Å². The zero-order chi connectivity index (χ0) is 19.2. The quantitative estimate of drug-likeness (QED) is 0.639. The van der Waals surface area contributed by atoms with E-state index in [-0.39, 0.29) is 23.7 Å². The van der Waals surface area contributed by atoms with Crippen molar-refractivity contribution in [3.8, 4) is 5.69 Å². The number of aromatic nitrogens is 2. The molecule has 3 rings (SSSR count). The van der Waals surface area contributed by atoms with Crippen LogP contribution in [0, 0.1) is 5.82 Å². The van der Waals surface area contributed by atoms with E-state index in [0.717, 1.165) is 0 Å². The third-order valence-electron chi connectivity index (χ3n) is 3.76. The van der Waals surface area contributed by atoms with Gasteiger partial charge in [-0.25, -0.2) is 4.39 Å². The van der Waals surface area contributed by atoms with Gasteiger partial charge in [-0.3, -0.25) is 9.59 Å². The van der Waals surface area contributed by atoms with Gasteiger partial charge in [0.2, 0.25) is 0 Å². The average molecular weight is 387 g/mol. The van der Waals surface area contributed by atoms with Gasteiger partial charge < -0.3 is 10.6 Å². The monoisotopic (exact) mass is 386 g/mol. The summed E-state index contributed by atoms with van der Waals surface area (Å²) < 4.78 is 14.8. The molecule has 0 fully saturated rings. The first-order valence-corrected chi connectivity index (χ1v) is 8.55. The van der Waals surface area contributed by atoms with Crippen molar-refractivity contribution < 1.29 is 9.18 Å². The molecule has 0 saturated heterocycles. The van der Waals surface area contributed by atoms with Crippen LogP contribution in [-0.2, 0) is 0 Å². The van der Waals surface area contributed by atoms with E-state index in [2.05, 4.69) is 15.7 Å². The fourth-order valence-corrected chi connectivity index (χ4v) is 2.62. The summed E-state index contributed by atoms with van der Waals surface area (Å²) in [6.07, 6.45) is 1.44. The predicted octanol–water partition coefficient (Wildman–Crippen LogP) is 2.87. The molecule has 0 unspecified atom stereocenters. The first kappa shape index (κ1) is 18.6. The van der Waals surface area contributed by atoms with E-state index in [1.807, 2.05) is 6.07 Å². The van der Waals surface area contributed by atoms with Crippen molar-refractivity contribution in [3.63, 3.8) is 0 Å². The van der Waals surface area contributed by atoms with Gasteiger partial charge in [0.25, 0.3) is 11.5 Å². The van der Waals surface area contributed by atoms with Gasteiger partial charge in [0.15, 0.2) is 0 Å². The Morgan fingerprint density at radius 1 is 1.07 bits per heavy atom. The Bertz CT molecular complexity index is 1010. The highest BCUT2D eigenvalue weighted by Gasteiger charge is 2.12. The van der Waals surface area contributed by atoms with Gasteiger partial charge in [0.1, 0.15) is 10.8 Å². The Labute approximate surface area is 159 Å². The maximum Gasteiger partial charge on any atom is 0.292 e. The SMILES string of the molecule is O=C(NCCNc1cnn(-c2ccccc2)c(=O)c1Cl)c1ccccc1F. The molecular formula is C19H16ClFN4O2. The van der Waals surface area contributed by atoms with Gasteiger partial charge in [-0.2, -0.15) is 9.78 Å². The number of benzene rings is 2. The van der Waals surface area contributed by atoms with Crippen molar-refractivity contribution in [2.75, 3.05) is 18.4 Å². The summed E-state index contributed by atoms with van der Waals surface area (Å²) in [5.41, 5.74) is 0.480. The number of nitrogens with one attached hydrogen (secondary N) is 2. The minimum absolute atomic E-state index is 0.00529. The average Bonchev–Trinajstić information content (AvgIpc) is 2.69. The lowest BCUT2D eigenvalue weighted by Crippen LogP contribution is -2.30. The summed E-state index contributed by atoms with van der Waals surface area (Å²) in [4.78, 5) is 24.3. The van der Waals surface area contributed by atoms with Crippen LogP contribution in [0.5, 0.6) is 0 Å². The summed E-state index contributed by atoms with van der Waals surface area (Å²) >= 11 is 6.13. The summed E-state index contributed by atoms with van der Waals surface area (Å²) in [6, 6.07) is 14.6. The summed E-state index contributed by atoms with van der Waals surface area (Å²) in [6.45, 7) is 0.502. The highest BCUT2D eigenvalue weighted by Crippen LogP contribution is 2.16. The molecule has 0 radical (unpaired) electrons. The second kappa shape index (κ2) is 8.46. The number of hydrogen-bond acceptors (Lipinski definition) is 4. The Morgan fingerprint density at radius 3 is 2.52 bits per heavy atom. The molecule has 27 heavy (non-hydrogen) atoms. The number of carbonyl (C=O) groups excluding carboxylic acids is 1. The highest BCUT2D eigenvalue weighted by molar-refractivity contribution is 6.32. The van der Waals surface area contributed by atoms with E-state index in [4.69, 9.17) is 11.6 Å². The van der Waals surface area contributed by atoms with E-state index < -0.39 is 17.3 Å². The minimum atomic E-state index is -0.584. The van der Waals surface area contributed by atoms with Gasteiger partial charge in [-0.1, -0.05) is 41.9 Å². The smallest absolute Gasteiger partial charge is 0.292 e. The van der Waals surface area contributed by atoms with Crippen LogP contribution in [0.25, 0.3) is 5.69 Å². The fourth-order valence-electron chi connectivity index (χ4n) is 2.42. The number of carbonyl (C=O) groups is 1. The van der Waals surface area contributed by atoms with E-state index in [0.29, 0.717) is 11.4 Å². The Morgan fingerprint density at radius 2 is 1.78 bits per heavy atom. The Balaban J connectivity index is 1.60. The molecule has 0 aliphatic rings. The molecule has 0 spiro atoms. The highest BCUT2D eigenvalue weighted by atomic mass is 35.5. The number of anilines is 1. The molecule has 0 saturated carbocycles. The molecule has 2 aromatic carbocycles. The molecule has 1 aromatic heterocycles. The lowest BCUT2D eigenvalue weighted by Gasteiger charge is -2.11. The third kappa shape index (κ3) is 4.32. The van der Waals surface area contributed by atoms with Crippen LogP contribution >= 0.6 is 11.6 Å². The predicted molar refractivity (Wildman–Crippen MR) is 102 cm³/mol. The Kier molecular flexibility index (Phi) is 5.83. The molecule has 1 heterocycles. The van der Waals surface area contributed by atoms with Crippen LogP contribution in [0.4, 0.5) is 10.1 Å². The van der Waals surface area contributed by atoms with Crippen LogP contribution < -0.4 is 16.2 Å². The normalized spacial score (nSPS) is 10.4. The van der Waals surface area contributed by atoms with Crippen molar-refractivity contribution in [3.05, 3.63) is 87.6 Å². The number of rotatable bonds is 6. The number of nitrogens with zero attached hydrogens (tertiary/aromatic N) is 2. The molecule has 138 valence electrons. The zero-order valence-electron chi connectivity index (χ0n) is 14.2. The molecule has 8 heteroatoms. The maximum atomic E-state index is 13.6. The zero-order valence-corrected chi connectivity index (χ0v) is 14.9. The molecule has 2 N–H and O–H groups in total. The van der Waals surface area contributed by atoms with Crippen LogP contribution in [0.3, 0.4) is 0 Å². The molecular weight excluding hydrogens is 371 g/mol. The third-order valence-corrected chi connectivity index (χ3v) is 4.13. The van der Waals surface area contributed by atoms with Crippen molar-refractivity contribution in [1.82, 2.24) is 15.1 Å². The summed E-state index contributed by atoms with van der Waals surface area (Å²) in [7, 11) is 0. The summed E-state index contributed by atoms with van der Waals surface area (Å²) in [5, 5.41) is 9.63. The van der Waals surface area contributed by atoms with Gasteiger partial charge in [0, 0.05) is 13.1 Å². The Hall–Kier alpha value is -3.19. The second-order valence-electron chi connectivity index (χ2n) is 5.59. The molecule has 3 aromatic rings. The lowest BCUT2D eigenvalue weighted by atomic mass is 10.2. The molecule has 0 atom stereocenters. The van der Waals surface area contributed by atoms with E-state index in [9.17, 15) is 14.0 Å². The van der Waals surface area contributed by atoms with Crippen LogP contribution in [0.15, 0.2) is 65.6 Å². The van der Waals surface area contributed by atoms with Gasteiger partial charge >= 0.3 is 0 Å². The molecule has 0 aliphatic carbocycles. The summed E-state index contributed by atoms with van der Waals surface area (Å²) in [5.74, 6) is -1.10. The molecule has 0 aliphatic heterocycles. The topological polar surface area (TPSA) is 76.0 Å². The standard InChI is InChI=1S/C19H16ClFN4O2/c20-17-16(12-24-25(19(17)27)13-6-2-1-3-7-13)22-10-11-23-18(26)14-8-4-5-9-15(14)21/h1-9,12,22H,10-11H2,(H,23,26). The van der Waals surface area contributed by atoms with Crippen molar-refractivity contribution in [2.45, 2.75) is 0 Å². The molecule has 0 bridgehead atoms. The maximum absolute atomic E-state index is 13.6. The molecule has 6 nitrogen and oxygen atoms in total. The van der Waals surface area contributed by atoms with E-state index in [1.54, 1.807) is 30.3 Å². The second-order valence-corrected chi connectivity index (χ2v) is 5.97. The van der Waals surface area contributed by atoms with Gasteiger partial charge in [-0.15, -0.1) is 0 Å². The van der Waals surface area contributed by atoms with E-state index >= 15 is 0 Å². The van der Waals surface area contributed by atoms with E-state index in [1.165, 1.54) is 29.1 Å². The minimum Gasteiger partial charge on any atom is -0.381 e. The number of halogens is 2. The first-order valence-electron chi connectivity index (χ1n) is 8.18. The fraction of sp³-hybridized carbons (Fsp3) is 0.105. The van der Waals surface area contributed by atoms with Crippen LogP contribution in [0.2, 0.25) is 5.02 Å². The lowest BCUT2D eigenvalue weighted by molar-refractivity contribution is 0.0951. The van der Waals surface area contributed by atoms with Crippen LogP contribution in [0.1, 0.15) is 10.4 Å². The first-order chi connectivity index (χ1) is 13.1. The van der Waals surface area contributed by atoms with Gasteiger partial charge in [0.05, 0.1) is 23.1 Å². The number of amides is 1. The van der Waals surface area contributed by atoms with Crippen molar-refractivity contribution in [2.24, 2.45) is 0 Å².